The first-order valence-corrected chi connectivity index (χ1v) is 26.7. The third-order valence-corrected chi connectivity index (χ3v) is 13.5. The first-order valence-electron chi connectivity index (χ1n) is 26.7. The molecule has 0 aliphatic carbocycles. The molecular weight excluding hydrogens is 944 g/mol. The molecule has 0 unspecified atom stereocenters. The monoisotopic (exact) mass is 1010 g/mol. The second-order valence-electron chi connectivity index (χ2n) is 19.1. The Morgan fingerprint density at radius 2 is 0.917 bits per heavy atom. The normalized spacial score (nSPS) is 11.8. The van der Waals surface area contributed by atoms with Crippen LogP contribution in [0.4, 0.5) is 0 Å². The molecule has 0 saturated carbocycles. The van der Waals surface area contributed by atoms with E-state index in [0.717, 1.165) is 104 Å². The van der Waals surface area contributed by atoms with Crippen LogP contribution in [0.3, 0.4) is 0 Å². The van der Waals surface area contributed by atoms with Crippen molar-refractivity contribution in [2.75, 3.05) is 13.2 Å². The van der Waals surface area contributed by atoms with Crippen LogP contribution in [0.25, 0.3) is 79.8 Å². The summed E-state index contributed by atoms with van der Waals surface area (Å²) in [6.07, 6.45) is 36.9. The van der Waals surface area contributed by atoms with Crippen molar-refractivity contribution < 1.29 is 38.9 Å². The van der Waals surface area contributed by atoms with E-state index in [1.54, 1.807) is 24.5 Å². The fraction of sp³-hybridized carbons (Fsp3) is 0.387. The van der Waals surface area contributed by atoms with Crippen LogP contribution in [0.1, 0.15) is 175 Å². The van der Waals surface area contributed by atoms with E-state index in [0.29, 0.717) is 24.4 Å². The van der Waals surface area contributed by atoms with Crippen molar-refractivity contribution in [2.24, 2.45) is 0 Å². The number of unbranched alkanes of at least 4 members (excludes halogenated alkanes) is 18. The van der Waals surface area contributed by atoms with Crippen LogP contribution in [0.2, 0.25) is 0 Å². The average molecular weight is 1020 g/mol. The SMILES string of the molecule is CCCCCCCCCCCCOc1cc(OCCCCCCCCCCCC)cc(-c2c3nc(cc4ccc([n-]4)c(-c4ccncc4)c4nc(c(-c5ccc(C(=O)O)cc5)c5ccc2[n-]5)C=C4)C=C3)c1.[Zn+2]. The van der Waals surface area contributed by atoms with Gasteiger partial charge in [-0.25, -0.2) is 14.8 Å². The average Bonchev–Trinajstić information content (AvgIpc) is 4.24. The zero-order valence-electron chi connectivity index (χ0n) is 42.7. The van der Waals surface area contributed by atoms with Crippen molar-refractivity contribution in [1.29, 1.82) is 0 Å². The standard InChI is InChI=1S/C62H72N5O4.Zn/c1-3-5-7-9-11-13-15-17-19-21-39-70-51-41-48(42-52(44-51)71-40-22-20-18-16-14-12-10-8-6-4-2)61-54-30-28-50(65-54)43-49-27-29-53(64-49)60(46-35-37-63-38-36-46)57-32-31-55(66-57)59(56-33-34-58(61)67-56)45-23-25-47(26-24-45)62(68)69;/h23-38,41-44H,3-22,39-40H2,1-2H3,(H2-,63,64,65,66,67,68,69);/q-1;+2/p-1. The van der Waals surface area contributed by atoms with Gasteiger partial charge in [0.1, 0.15) is 11.5 Å². The summed E-state index contributed by atoms with van der Waals surface area (Å²) >= 11 is 0. The zero-order valence-corrected chi connectivity index (χ0v) is 45.7. The number of carbonyl (C=O) groups is 1. The molecule has 1 N–H and O–H groups in total. The summed E-state index contributed by atoms with van der Waals surface area (Å²) in [6.45, 7) is 5.80. The molecule has 6 heterocycles. The third kappa shape index (κ3) is 15.0. The number of ether oxygens (including phenoxy) is 2. The second kappa shape index (κ2) is 28.2. The van der Waals surface area contributed by atoms with Crippen molar-refractivity contribution in [3.8, 4) is 44.9 Å². The van der Waals surface area contributed by atoms with Gasteiger partial charge >= 0.3 is 25.4 Å². The van der Waals surface area contributed by atoms with Gasteiger partial charge < -0.3 is 24.5 Å². The maximum Gasteiger partial charge on any atom is 2.00 e. The van der Waals surface area contributed by atoms with Gasteiger partial charge in [0.25, 0.3) is 0 Å². The largest absolute Gasteiger partial charge is 2.00 e. The molecule has 0 radical (unpaired) electrons. The van der Waals surface area contributed by atoms with E-state index >= 15 is 0 Å². The summed E-state index contributed by atoms with van der Waals surface area (Å²) in [6, 6.07) is 27.2. The maximum atomic E-state index is 12.0. The van der Waals surface area contributed by atoms with Gasteiger partial charge in [-0.3, -0.25) is 4.98 Å². The number of pyridine rings is 1. The van der Waals surface area contributed by atoms with Crippen LogP contribution in [-0.2, 0) is 19.5 Å². The Hall–Kier alpha value is -6.12. The summed E-state index contributed by atoms with van der Waals surface area (Å²) in [5.74, 6) is 0.533. The van der Waals surface area contributed by atoms with Gasteiger partial charge in [0.2, 0.25) is 0 Å². The fourth-order valence-corrected chi connectivity index (χ4v) is 9.65. The van der Waals surface area contributed by atoms with Crippen LogP contribution in [-0.4, -0.2) is 39.2 Å². The van der Waals surface area contributed by atoms with E-state index in [2.05, 4.69) is 31.0 Å². The fourth-order valence-electron chi connectivity index (χ4n) is 9.65. The van der Waals surface area contributed by atoms with E-state index in [4.69, 9.17) is 29.4 Å². The Morgan fingerprint density at radius 1 is 0.472 bits per heavy atom. The minimum absolute atomic E-state index is 0. The molecule has 2 aliphatic rings. The van der Waals surface area contributed by atoms with Gasteiger partial charge in [-0.05, 0) is 107 Å². The quantitative estimate of drug-likeness (QED) is 0.0377. The smallest absolute Gasteiger partial charge is 0.657 e. The summed E-state index contributed by atoms with van der Waals surface area (Å²) in [5.41, 5.74) is 11.3. The summed E-state index contributed by atoms with van der Waals surface area (Å²) in [5, 5.41) is 9.82. The number of aromatic nitrogens is 5. The Balaban J connectivity index is 0.00000760. The van der Waals surface area contributed by atoms with E-state index in [1.807, 2.05) is 85.0 Å². The summed E-state index contributed by atoms with van der Waals surface area (Å²) < 4.78 is 13.2. The van der Waals surface area contributed by atoms with Crippen molar-refractivity contribution in [1.82, 2.24) is 24.9 Å². The molecule has 8 rings (SSSR count). The number of rotatable bonds is 28. The molecular formula is C62H71N5O4Zn. The van der Waals surface area contributed by atoms with Crippen molar-refractivity contribution in [3.63, 3.8) is 0 Å². The van der Waals surface area contributed by atoms with E-state index in [1.165, 1.54) is 103 Å². The van der Waals surface area contributed by atoms with Crippen molar-refractivity contribution in [3.05, 3.63) is 126 Å². The van der Waals surface area contributed by atoms with Crippen LogP contribution < -0.4 is 19.4 Å². The van der Waals surface area contributed by atoms with Gasteiger partial charge in [-0.1, -0.05) is 172 Å². The predicted molar refractivity (Wildman–Crippen MR) is 293 cm³/mol. The molecule has 4 aromatic heterocycles. The topological polar surface area (TPSA) is 123 Å². The Bertz CT molecular complexity index is 2860. The van der Waals surface area contributed by atoms with Crippen LogP contribution in [0.15, 0.2) is 97.3 Å². The summed E-state index contributed by atoms with van der Waals surface area (Å²) in [7, 11) is 0. The third-order valence-electron chi connectivity index (χ3n) is 13.5. The number of aromatic carboxylic acids is 1. The first-order chi connectivity index (χ1) is 35.0. The number of carboxylic acids is 1. The van der Waals surface area contributed by atoms with E-state index in [9.17, 15) is 9.90 Å². The molecule has 2 aromatic carbocycles. The molecule has 72 heavy (non-hydrogen) atoms. The number of carboxylic acid groups (broad SMARTS) is 1. The van der Waals surface area contributed by atoms with Crippen LogP contribution >= 0.6 is 0 Å². The molecule has 9 nitrogen and oxygen atoms in total. The molecule has 0 amide bonds. The van der Waals surface area contributed by atoms with E-state index < -0.39 is 5.97 Å². The van der Waals surface area contributed by atoms with Gasteiger partial charge in [-0.2, -0.15) is 0 Å². The van der Waals surface area contributed by atoms with E-state index in [-0.39, 0.29) is 25.0 Å². The molecule has 2 aliphatic heterocycles. The van der Waals surface area contributed by atoms with Gasteiger partial charge in [-0.15, -0.1) is 22.1 Å². The first kappa shape index (κ1) is 53.7. The molecule has 0 saturated heterocycles. The molecule has 370 valence electrons. The number of hydrogen-bond donors (Lipinski definition) is 1. The van der Waals surface area contributed by atoms with Crippen LogP contribution in [0, 0.1) is 0 Å². The predicted octanol–water partition coefficient (Wildman–Crippen LogP) is 16.6. The number of benzene rings is 2. The molecule has 6 aromatic rings. The Kier molecular flexibility index (Phi) is 21.0. The maximum absolute atomic E-state index is 12.0. The Labute approximate surface area is 439 Å². The van der Waals surface area contributed by atoms with Crippen molar-refractivity contribution in [2.45, 2.75) is 142 Å². The minimum atomic E-state index is -0.986. The van der Waals surface area contributed by atoms with Gasteiger partial charge in [0.05, 0.1) is 41.6 Å². The van der Waals surface area contributed by atoms with Gasteiger partial charge in [0, 0.05) is 18.5 Å². The zero-order chi connectivity index (χ0) is 49.0. The van der Waals surface area contributed by atoms with Gasteiger partial charge in [0.15, 0.2) is 0 Å². The second-order valence-corrected chi connectivity index (χ2v) is 19.1. The molecule has 0 fully saturated rings. The molecule has 10 heteroatoms. The summed E-state index contributed by atoms with van der Waals surface area (Å²) in [4.78, 5) is 37.3. The minimum Gasteiger partial charge on any atom is -0.657 e. The molecule has 0 atom stereocenters. The number of hydrogen-bond acceptors (Lipinski definition) is 6. The molecule has 0 spiro atoms. The van der Waals surface area contributed by atoms with Crippen LogP contribution in [0.5, 0.6) is 11.5 Å². The number of fused-ring (bicyclic) bond motifs is 8. The number of nitrogens with zero attached hydrogens (tertiary/aromatic N) is 5. The Morgan fingerprint density at radius 3 is 1.44 bits per heavy atom. The molecule has 8 bridgehead atoms. The van der Waals surface area contributed by atoms with Crippen molar-refractivity contribution >= 4 is 52.3 Å².